The Morgan fingerprint density at radius 3 is 2.07 bits per heavy atom. The normalized spacial score (nSPS) is 12.9. The Balaban J connectivity index is 0.00000450. The maximum absolute atomic E-state index is 12.4. The van der Waals surface area contributed by atoms with Crippen molar-refractivity contribution < 1.29 is 8.42 Å². The number of likely N-dealkylation sites (N-methyl/N-ethyl adjacent to an activating group) is 1. The highest BCUT2D eigenvalue weighted by atomic mass is 127. The van der Waals surface area contributed by atoms with Gasteiger partial charge in [-0.05, 0) is 30.8 Å². The number of benzene rings is 2. The minimum Gasteiger partial charge on any atom is -0.355 e. The molecule has 166 valence electrons. The molecule has 2 aromatic rings. The third kappa shape index (κ3) is 7.88. The Kier molecular flexibility index (Phi) is 12.0. The van der Waals surface area contributed by atoms with E-state index in [1.54, 1.807) is 31.3 Å². The van der Waals surface area contributed by atoms with Gasteiger partial charge in [0.15, 0.2) is 15.8 Å². The van der Waals surface area contributed by atoms with Gasteiger partial charge in [0, 0.05) is 20.1 Å². The molecule has 0 bridgehead atoms. The fourth-order valence-electron chi connectivity index (χ4n) is 3.26. The van der Waals surface area contributed by atoms with E-state index in [1.165, 1.54) is 5.56 Å². The van der Waals surface area contributed by atoms with E-state index in [2.05, 4.69) is 46.5 Å². The molecule has 2 N–H and O–H groups in total. The fourth-order valence-corrected chi connectivity index (χ4v) is 4.44. The molecule has 1 atom stereocenters. The molecule has 0 radical (unpaired) electrons. The molecule has 0 spiro atoms. The Labute approximate surface area is 198 Å². The molecule has 0 heterocycles. The van der Waals surface area contributed by atoms with Gasteiger partial charge in [0.2, 0.25) is 0 Å². The van der Waals surface area contributed by atoms with Crippen LogP contribution in [-0.4, -0.2) is 58.3 Å². The van der Waals surface area contributed by atoms with Gasteiger partial charge < -0.3 is 10.6 Å². The Morgan fingerprint density at radius 1 is 0.967 bits per heavy atom. The summed E-state index contributed by atoms with van der Waals surface area (Å²) in [5.41, 5.74) is 1.24. The molecule has 0 amide bonds. The predicted molar refractivity (Wildman–Crippen MR) is 135 cm³/mol. The van der Waals surface area contributed by atoms with E-state index < -0.39 is 9.84 Å². The number of guanidine groups is 1. The SMILES string of the molecule is CCN(CC)C(CNC(=NC)NCCS(=O)(=O)c1ccccc1)c1ccccc1.I. The van der Waals surface area contributed by atoms with Crippen molar-refractivity contribution in [2.75, 3.05) is 39.0 Å². The summed E-state index contributed by atoms with van der Waals surface area (Å²) in [6.45, 7) is 7.16. The van der Waals surface area contributed by atoms with Gasteiger partial charge in [0.1, 0.15) is 0 Å². The summed E-state index contributed by atoms with van der Waals surface area (Å²) in [5.74, 6) is 0.608. The van der Waals surface area contributed by atoms with Crippen molar-refractivity contribution in [3.05, 3.63) is 66.2 Å². The van der Waals surface area contributed by atoms with Crippen LogP contribution in [0.2, 0.25) is 0 Å². The lowest BCUT2D eigenvalue weighted by atomic mass is 10.1. The molecule has 0 fully saturated rings. The van der Waals surface area contributed by atoms with Gasteiger partial charge in [-0.15, -0.1) is 24.0 Å². The maximum atomic E-state index is 12.4. The van der Waals surface area contributed by atoms with E-state index in [9.17, 15) is 8.42 Å². The molecule has 8 heteroatoms. The zero-order valence-electron chi connectivity index (χ0n) is 17.9. The highest BCUT2D eigenvalue weighted by molar-refractivity contribution is 14.0. The van der Waals surface area contributed by atoms with Crippen molar-refractivity contribution in [2.45, 2.75) is 24.8 Å². The first-order valence-corrected chi connectivity index (χ1v) is 11.7. The maximum Gasteiger partial charge on any atom is 0.191 e. The van der Waals surface area contributed by atoms with E-state index in [-0.39, 0.29) is 42.3 Å². The van der Waals surface area contributed by atoms with Crippen LogP contribution in [0.5, 0.6) is 0 Å². The minimum absolute atomic E-state index is 0. The highest BCUT2D eigenvalue weighted by Crippen LogP contribution is 2.19. The standard InChI is InChI=1S/C22H32N4O2S.HI/c1-4-26(5-2)21(19-12-8-6-9-13-19)18-25-22(23-3)24-16-17-29(27,28)20-14-10-7-11-15-20;/h6-15,21H,4-5,16-18H2,1-3H3,(H2,23,24,25);1H. The van der Waals surface area contributed by atoms with Crippen molar-refractivity contribution in [3.8, 4) is 0 Å². The number of nitrogens with zero attached hydrogens (tertiary/aromatic N) is 2. The second-order valence-electron chi connectivity index (χ2n) is 6.66. The van der Waals surface area contributed by atoms with E-state index in [4.69, 9.17) is 0 Å². The van der Waals surface area contributed by atoms with Crippen molar-refractivity contribution in [1.82, 2.24) is 15.5 Å². The summed E-state index contributed by atoms with van der Waals surface area (Å²) in [4.78, 5) is 6.97. The molecule has 0 saturated heterocycles. The van der Waals surface area contributed by atoms with Crippen LogP contribution < -0.4 is 10.6 Å². The van der Waals surface area contributed by atoms with E-state index >= 15 is 0 Å². The van der Waals surface area contributed by atoms with Crippen LogP contribution in [0, 0.1) is 0 Å². The molecule has 0 aliphatic heterocycles. The highest BCUT2D eigenvalue weighted by Gasteiger charge is 2.18. The molecule has 0 aromatic heterocycles. The number of halogens is 1. The fraction of sp³-hybridized carbons (Fsp3) is 0.409. The predicted octanol–water partition coefficient (Wildman–Crippen LogP) is 3.33. The van der Waals surface area contributed by atoms with E-state index in [0.29, 0.717) is 17.4 Å². The molecule has 2 rings (SSSR count). The molecular formula is C22H33IN4O2S. The Hall–Kier alpha value is -1.65. The first-order valence-electron chi connectivity index (χ1n) is 10.0. The number of aliphatic imine (C=N–C) groups is 1. The molecular weight excluding hydrogens is 511 g/mol. The summed E-state index contributed by atoms with van der Waals surface area (Å²) < 4.78 is 24.8. The molecule has 1 unspecified atom stereocenters. The molecule has 0 saturated carbocycles. The third-order valence-electron chi connectivity index (χ3n) is 4.89. The third-order valence-corrected chi connectivity index (χ3v) is 6.62. The molecule has 30 heavy (non-hydrogen) atoms. The zero-order chi connectivity index (χ0) is 21.1. The van der Waals surface area contributed by atoms with Crippen molar-refractivity contribution in [1.29, 1.82) is 0 Å². The largest absolute Gasteiger partial charge is 0.355 e. The average Bonchev–Trinajstić information content (AvgIpc) is 2.76. The van der Waals surface area contributed by atoms with Gasteiger partial charge in [0.05, 0.1) is 16.7 Å². The van der Waals surface area contributed by atoms with Gasteiger partial charge in [0.25, 0.3) is 0 Å². The van der Waals surface area contributed by atoms with Crippen LogP contribution in [0.4, 0.5) is 0 Å². The van der Waals surface area contributed by atoms with Gasteiger partial charge >= 0.3 is 0 Å². The van der Waals surface area contributed by atoms with Crippen molar-refractivity contribution >= 4 is 39.8 Å². The summed E-state index contributed by atoms with van der Waals surface area (Å²) in [6.07, 6.45) is 0. The van der Waals surface area contributed by atoms with Crippen molar-refractivity contribution in [2.24, 2.45) is 4.99 Å². The Morgan fingerprint density at radius 2 is 1.53 bits per heavy atom. The van der Waals surface area contributed by atoms with Crippen LogP contribution in [0.25, 0.3) is 0 Å². The number of nitrogens with one attached hydrogen (secondary N) is 2. The van der Waals surface area contributed by atoms with Crippen LogP contribution >= 0.6 is 24.0 Å². The molecule has 2 aromatic carbocycles. The average molecular weight is 545 g/mol. The smallest absolute Gasteiger partial charge is 0.191 e. The Bertz CT molecular complexity index is 857. The number of rotatable bonds is 10. The number of hydrogen-bond donors (Lipinski definition) is 2. The summed E-state index contributed by atoms with van der Waals surface area (Å²) in [7, 11) is -1.62. The van der Waals surface area contributed by atoms with Crippen LogP contribution in [-0.2, 0) is 9.84 Å². The van der Waals surface area contributed by atoms with Crippen molar-refractivity contribution in [3.63, 3.8) is 0 Å². The van der Waals surface area contributed by atoms with Crippen LogP contribution in [0.1, 0.15) is 25.5 Å². The molecule has 0 aliphatic rings. The van der Waals surface area contributed by atoms with Gasteiger partial charge in [-0.1, -0.05) is 62.4 Å². The lowest BCUT2D eigenvalue weighted by molar-refractivity contribution is 0.219. The van der Waals surface area contributed by atoms with E-state index in [1.807, 2.05) is 24.3 Å². The summed E-state index contributed by atoms with van der Waals surface area (Å²) in [5, 5.41) is 6.46. The zero-order valence-corrected chi connectivity index (χ0v) is 21.1. The molecule has 6 nitrogen and oxygen atoms in total. The topological polar surface area (TPSA) is 73.8 Å². The summed E-state index contributed by atoms with van der Waals surface area (Å²) >= 11 is 0. The lowest BCUT2D eigenvalue weighted by Gasteiger charge is -2.30. The summed E-state index contributed by atoms with van der Waals surface area (Å²) in [6, 6.07) is 19.1. The van der Waals surface area contributed by atoms with Crippen LogP contribution in [0.15, 0.2) is 70.6 Å². The number of hydrogen-bond acceptors (Lipinski definition) is 4. The molecule has 0 aliphatic carbocycles. The van der Waals surface area contributed by atoms with Gasteiger partial charge in [-0.3, -0.25) is 9.89 Å². The lowest BCUT2D eigenvalue weighted by Crippen LogP contribution is -2.44. The van der Waals surface area contributed by atoms with Gasteiger partial charge in [-0.25, -0.2) is 8.42 Å². The minimum atomic E-state index is -3.31. The first-order chi connectivity index (χ1) is 14.0. The monoisotopic (exact) mass is 544 g/mol. The second kappa shape index (κ2) is 13.6. The quantitative estimate of drug-likeness (QED) is 0.273. The first kappa shape index (κ1) is 26.4. The number of sulfone groups is 1. The van der Waals surface area contributed by atoms with Gasteiger partial charge in [-0.2, -0.15) is 0 Å². The van der Waals surface area contributed by atoms with E-state index in [0.717, 1.165) is 13.1 Å². The second-order valence-corrected chi connectivity index (χ2v) is 8.77. The van der Waals surface area contributed by atoms with Crippen LogP contribution in [0.3, 0.4) is 0 Å².